The average molecular weight is 613 g/mol. The van der Waals surface area contributed by atoms with Gasteiger partial charge in [0.2, 0.25) is 5.43 Å². The van der Waals surface area contributed by atoms with Crippen molar-refractivity contribution in [3.05, 3.63) is 63.4 Å². The number of benzene rings is 2. The van der Waals surface area contributed by atoms with E-state index >= 15 is 0 Å². The van der Waals surface area contributed by atoms with Crippen molar-refractivity contribution >= 4 is 23.0 Å². The van der Waals surface area contributed by atoms with E-state index in [1.54, 1.807) is 28.5 Å². The number of hydrogen-bond acceptors (Lipinski definition) is 6. The fraction of sp³-hybridized carbons (Fsp3) is 0.500. The maximum Gasteiger partial charge on any atom is 0.410 e. The van der Waals surface area contributed by atoms with Gasteiger partial charge in [0, 0.05) is 36.3 Å². The molecule has 1 amide bonds. The molecule has 2 aromatic carbocycles. The molecule has 0 radical (unpaired) electrons. The highest BCUT2D eigenvalue weighted by atomic mass is 19.3. The minimum atomic E-state index is -3.15. The monoisotopic (exact) mass is 612 g/mol. The van der Waals surface area contributed by atoms with Crippen molar-refractivity contribution in [2.75, 3.05) is 13.2 Å². The molecule has 0 saturated heterocycles. The summed E-state index contributed by atoms with van der Waals surface area (Å²) in [5.41, 5.74) is 1.28. The molecule has 1 saturated carbocycles. The molecule has 1 aromatic heterocycles. The van der Waals surface area contributed by atoms with Crippen molar-refractivity contribution in [1.82, 2.24) is 9.47 Å². The second-order valence-electron chi connectivity index (χ2n) is 12.5. The molecule has 0 bridgehead atoms. The first-order valence-electron chi connectivity index (χ1n) is 15.2. The number of carbonyl (C=O) groups is 2. The summed E-state index contributed by atoms with van der Waals surface area (Å²) >= 11 is 0. The van der Waals surface area contributed by atoms with Crippen LogP contribution in [0.3, 0.4) is 0 Å². The third kappa shape index (κ3) is 6.74. The standard InChI is InChI=1S/C32H36F2N2O6.C2H6/c1-7-40-28(38)23-16-36(20-9-10-20)25-22(26(23)37)12-11-21(27(25)41-29(33)34)18-8-13-24-19(14-18)15-35(17-32(24,5)6)30(39)42-31(2,3)4;1-2/h8,11-14,16,20,29H,7,9-10,15,17H2,1-6H3;1-2H3. The number of carbonyl (C=O) groups excluding carboxylic acids is 2. The summed E-state index contributed by atoms with van der Waals surface area (Å²) in [7, 11) is 0. The molecular formula is C34H42F2N2O6. The Morgan fingerprint density at radius 3 is 2.36 bits per heavy atom. The van der Waals surface area contributed by atoms with Crippen LogP contribution in [0.5, 0.6) is 5.75 Å². The van der Waals surface area contributed by atoms with Crippen molar-refractivity contribution in [2.45, 2.75) is 98.4 Å². The highest BCUT2D eigenvalue weighted by molar-refractivity contribution is 5.98. The van der Waals surface area contributed by atoms with Crippen LogP contribution in [0.15, 0.2) is 41.3 Å². The third-order valence-electron chi connectivity index (χ3n) is 7.53. The van der Waals surface area contributed by atoms with E-state index in [1.807, 2.05) is 66.7 Å². The summed E-state index contributed by atoms with van der Waals surface area (Å²) in [5, 5.41) is 0.0991. The molecular weight excluding hydrogens is 570 g/mol. The van der Waals surface area contributed by atoms with Crippen LogP contribution in [0.25, 0.3) is 22.0 Å². The van der Waals surface area contributed by atoms with Gasteiger partial charge in [0.15, 0.2) is 5.75 Å². The molecule has 2 heterocycles. The molecule has 2 aliphatic rings. The number of amides is 1. The van der Waals surface area contributed by atoms with Gasteiger partial charge in [-0.1, -0.05) is 39.8 Å². The normalized spacial score (nSPS) is 15.8. The molecule has 1 aliphatic carbocycles. The Kier molecular flexibility index (Phi) is 9.42. The Morgan fingerprint density at radius 2 is 1.77 bits per heavy atom. The minimum absolute atomic E-state index is 0.0664. The van der Waals surface area contributed by atoms with Crippen molar-refractivity contribution in [1.29, 1.82) is 0 Å². The van der Waals surface area contributed by atoms with Crippen LogP contribution >= 0.6 is 0 Å². The second-order valence-corrected chi connectivity index (χ2v) is 12.5. The molecule has 0 N–H and O–H groups in total. The van der Waals surface area contributed by atoms with Gasteiger partial charge < -0.3 is 23.7 Å². The summed E-state index contributed by atoms with van der Waals surface area (Å²) in [5.74, 6) is -0.896. The van der Waals surface area contributed by atoms with Crippen LogP contribution < -0.4 is 10.2 Å². The fourth-order valence-electron chi connectivity index (χ4n) is 5.68. The first kappa shape index (κ1) is 33.0. The van der Waals surface area contributed by atoms with Gasteiger partial charge in [-0.25, -0.2) is 9.59 Å². The number of nitrogens with zero attached hydrogens (tertiary/aromatic N) is 2. The van der Waals surface area contributed by atoms with Crippen LogP contribution in [0.2, 0.25) is 0 Å². The van der Waals surface area contributed by atoms with Gasteiger partial charge in [-0.05, 0) is 75.4 Å². The van der Waals surface area contributed by atoms with E-state index in [9.17, 15) is 23.2 Å². The van der Waals surface area contributed by atoms with Crippen molar-refractivity contribution in [3.63, 3.8) is 0 Å². The van der Waals surface area contributed by atoms with E-state index in [1.165, 1.54) is 6.20 Å². The Bertz CT molecular complexity index is 1620. The number of fused-ring (bicyclic) bond motifs is 2. The largest absolute Gasteiger partial charge is 0.462 e. The molecule has 238 valence electrons. The zero-order chi connectivity index (χ0) is 32.6. The van der Waals surface area contributed by atoms with Crippen LogP contribution in [0.4, 0.5) is 13.6 Å². The van der Waals surface area contributed by atoms with Gasteiger partial charge in [-0.3, -0.25) is 4.79 Å². The molecule has 0 atom stereocenters. The Labute approximate surface area is 256 Å². The highest BCUT2D eigenvalue weighted by Crippen LogP contribution is 2.44. The van der Waals surface area contributed by atoms with E-state index in [4.69, 9.17) is 14.2 Å². The number of halogens is 2. The Morgan fingerprint density at radius 1 is 1.09 bits per heavy atom. The molecule has 8 nitrogen and oxygen atoms in total. The molecule has 0 unspecified atom stereocenters. The number of pyridine rings is 1. The summed E-state index contributed by atoms with van der Waals surface area (Å²) in [4.78, 5) is 40.6. The predicted octanol–water partition coefficient (Wildman–Crippen LogP) is 7.84. The fourth-order valence-corrected chi connectivity index (χ4v) is 5.68. The number of alkyl halides is 2. The van der Waals surface area contributed by atoms with E-state index in [0.717, 1.165) is 24.0 Å². The average Bonchev–Trinajstić information content (AvgIpc) is 3.78. The van der Waals surface area contributed by atoms with Gasteiger partial charge in [0.1, 0.15) is 11.2 Å². The van der Waals surface area contributed by atoms with Gasteiger partial charge in [-0.2, -0.15) is 8.78 Å². The first-order chi connectivity index (χ1) is 20.7. The molecule has 5 rings (SSSR count). The molecule has 1 aliphatic heterocycles. The van der Waals surface area contributed by atoms with Crippen molar-refractivity contribution in [3.8, 4) is 16.9 Å². The summed E-state index contributed by atoms with van der Waals surface area (Å²) in [6.07, 6.45) is 2.52. The lowest BCUT2D eigenvalue weighted by Crippen LogP contribution is -2.46. The quantitative estimate of drug-likeness (QED) is 0.264. The Hall–Kier alpha value is -3.95. The molecule has 10 heteroatoms. The molecule has 1 fully saturated rings. The number of aromatic nitrogens is 1. The van der Waals surface area contributed by atoms with Crippen molar-refractivity contribution < 1.29 is 32.6 Å². The zero-order valence-electron chi connectivity index (χ0n) is 26.8. The first-order valence-corrected chi connectivity index (χ1v) is 15.2. The molecule has 44 heavy (non-hydrogen) atoms. The molecule has 0 spiro atoms. The van der Waals surface area contributed by atoms with E-state index < -0.39 is 29.7 Å². The Balaban J connectivity index is 0.00000216. The summed E-state index contributed by atoms with van der Waals surface area (Å²) in [6, 6.07) is 8.71. The topological polar surface area (TPSA) is 87.1 Å². The third-order valence-corrected chi connectivity index (χ3v) is 7.53. The maximum atomic E-state index is 13.9. The van der Waals surface area contributed by atoms with Gasteiger partial charge in [-0.15, -0.1) is 0 Å². The summed E-state index contributed by atoms with van der Waals surface area (Å²) < 4.78 is 45.4. The zero-order valence-corrected chi connectivity index (χ0v) is 26.8. The maximum absolute atomic E-state index is 13.9. The number of ether oxygens (including phenoxy) is 3. The number of esters is 1. The SMILES string of the molecule is CC.CCOC(=O)c1cn(C2CC2)c2c(OC(F)F)c(-c3ccc4c(c3)CN(C(=O)OC(C)(C)C)CC4(C)C)ccc2c1=O. The van der Waals surface area contributed by atoms with Crippen LogP contribution in [0.1, 0.15) is 95.8 Å². The van der Waals surface area contributed by atoms with E-state index in [-0.39, 0.29) is 46.8 Å². The van der Waals surface area contributed by atoms with E-state index in [2.05, 4.69) is 0 Å². The molecule has 3 aromatic rings. The van der Waals surface area contributed by atoms with Crippen LogP contribution in [0, 0.1) is 0 Å². The summed E-state index contributed by atoms with van der Waals surface area (Å²) in [6.45, 7) is 12.9. The van der Waals surface area contributed by atoms with E-state index in [0.29, 0.717) is 17.7 Å². The highest BCUT2D eigenvalue weighted by Gasteiger charge is 2.36. The van der Waals surface area contributed by atoms with Gasteiger partial charge >= 0.3 is 18.7 Å². The van der Waals surface area contributed by atoms with Crippen LogP contribution in [-0.2, 0) is 21.4 Å². The van der Waals surface area contributed by atoms with Gasteiger partial charge in [0.25, 0.3) is 0 Å². The lowest BCUT2D eigenvalue weighted by Gasteiger charge is -2.40. The number of rotatable bonds is 6. The van der Waals surface area contributed by atoms with Gasteiger partial charge in [0.05, 0.1) is 17.5 Å². The minimum Gasteiger partial charge on any atom is -0.462 e. The second kappa shape index (κ2) is 12.6. The number of hydrogen-bond donors (Lipinski definition) is 0. The predicted molar refractivity (Wildman–Crippen MR) is 166 cm³/mol. The lowest BCUT2D eigenvalue weighted by atomic mass is 9.77. The smallest absolute Gasteiger partial charge is 0.410 e. The van der Waals surface area contributed by atoms with Crippen LogP contribution in [-0.4, -0.2) is 46.9 Å². The lowest BCUT2D eigenvalue weighted by molar-refractivity contribution is -0.0486. The van der Waals surface area contributed by atoms with Crippen molar-refractivity contribution in [2.24, 2.45) is 0 Å².